The van der Waals surface area contributed by atoms with E-state index < -0.39 is 17.6 Å². The first-order chi connectivity index (χ1) is 7.29. The van der Waals surface area contributed by atoms with Crippen LogP contribution in [0.2, 0.25) is 0 Å². The number of carbonyl (C=O) groups is 1. The molecule has 4 heteroatoms. The Balaban J connectivity index is 2.74. The summed E-state index contributed by atoms with van der Waals surface area (Å²) >= 11 is 0. The van der Waals surface area contributed by atoms with Crippen molar-refractivity contribution in [2.24, 2.45) is 5.73 Å². The first-order valence-electron chi connectivity index (χ1n) is 5.13. The van der Waals surface area contributed by atoms with Crippen LogP contribution >= 0.6 is 0 Å². The molecule has 0 aliphatic heterocycles. The molecule has 16 heavy (non-hydrogen) atoms. The molecule has 0 aliphatic rings. The topological polar surface area (TPSA) is 52.3 Å². The molecule has 0 saturated heterocycles. The Bertz CT molecular complexity index is 368. The number of rotatable bonds is 2. The first-order valence-corrected chi connectivity index (χ1v) is 5.13. The quantitative estimate of drug-likeness (QED) is 0.589. The minimum absolute atomic E-state index is 0.433. The van der Waals surface area contributed by atoms with Gasteiger partial charge in [0, 0.05) is 0 Å². The van der Waals surface area contributed by atoms with Crippen molar-refractivity contribution >= 4 is 19.3 Å². The van der Waals surface area contributed by atoms with Gasteiger partial charge in [0.15, 0.2) is 0 Å². The van der Waals surface area contributed by atoms with E-state index in [0.29, 0.717) is 11.0 Å². The zero-order chi connectivity index (χ0) is 12.3. The van der Waals surface area contributed by atoms with Crippen molar-refractivity contribution in [1.29, 1.82) is 0 Å². The Hall–Kier alpha value is -1.29. The standard InChI is InChI=1S/C12H16BNO2/c1-12(2,3)16-11(15)10(14)8-4-6-9(13)7-5-8/h4-7,10H,14H2,1-3H3. The predicted molar refractivity (Wildman–Crippen MR) is 64.6 cm³/mol. The summed E-state index contributed by atoms with van der Waals surface area (Å²) in [4.78, 5) is 11.7. The van der Waals surface area contributed by atoms with Crippen LogP contribution in [0.15, 0.2) is 24.3 Å². The van der Waals surface area contributed by atoms with Crippen LogP contribution in [-0.2, 0) is 9.53 Å². The Morgan fingerprint density at radius 1 is 1.31 bits per heavy atom. The Morgan fingerprint density at radius 2 is 1.81 bits per heavy atom. The molecular weight excluding hydrogens is 201 g/mol. The third-order valence-corrected chi connectivity index (χ3v) is 1.96. The van der Waals surface area contributed by atoms with Crippen molar-refractivity contribution in [3.8, 4) is 0 Å². The summed E-state index contributed by atoms with van der Waals surface area (Å²) in [5.74, 6) is -0.433. The highest BCUT2D eigenvalue weighted by Crippen LogP contribution is 2.15. The van der Waals surface area contributed by atoms with Gasteiger partial charge in [0.2, 0.25) is 0 Å². The normalized spacial score (nSPS) is 13.2. The highest BCUT2D eigenvalue weighted by atomic mass is 16.6. The molecule has 3 nitrogen and oxygen atoms in total. The number of esters is 1. The molecule has 1 aromatic carbocycles. The lowest BCUT2D eigenvalue weighted by Gasteiger charge is -2.22. The molecule has 0 heterocycles. The van der Waals surface area contributed by atoms with Crippen molar-refractivity contribution < 1.29 is 9.53 Å². The summed E-state index contributed by atoms with van der Waals surface area (Å²) in [7, 11) is 5.55. The monoisotopic (exact) mass is 217 g/mol. The fourth-order valence-corrected chi connectivity index (χ4v) is 1.20. The minimum Gasteiger partial charge on any atom is -0.459 e. The van der Waals surface area contributed by atoms with Crippen LogP contribution in [0.4, 0.5) is 0 Å². The molecule has 1 atom stereocenters. The summed E-state index contributed by atoms with van der Waals surface area (Å²) in [5, 5.41) is 0. The van der Waals surface area contributed by atoms with Gasteiger partial charge < -0.3 is 10.5 Å². The van der Waals surface area contributed by atoms with E-state index in [1.807, 2.05) is 0 Å². The molecule has 2 radical (unpaired) electrons. The van der Waals surface area contributed by atoms with Gasteiger partial charge in [-0.05, 0) is 26.3 Å². The van der Waals surface area contributed by atoms with Crippen molar-refractivity contribution in [1.82, 2.24) is 0 Å². The highest BCUT2D eigenvalue weighted by molar-refractivity contribution is 6.32. The van der Waals surface area contributed by atoms with Crippen molar-refractivity contribution in [3.05, 3.63) is 29.8 Å². The first kappa shape index (κ1) is 12.8. The summed E-state index contributed by atoms with van der Waals surface area (Å²) in [6.45, 7) is 5.42. The van der Waals surface area contributed by atoms with E-state index in [1.54, 1.807) is 45.0 Å². The van der Waals surface area contributed by atoms with Gasteiger partial charge in [-0.25, -0.2) is 4.79 Å². The van der Waals surface area contributed by atoms with Crippen LogP contribution in [0.5, 0.6) is 0 Å². The molecule has 0 spiro atoms. The molecule has 1 unspecified atom stereocenters. The average molecular weight is 217 g/mol. The molecule has 0 aromatic heterocycles. The Labute approximate surface area is 97.4 Å². The van der Waals surface area contributed by atoms with Crippen LogP contribution in [0.3, 0.4) is 0 Å². The molecule has 0 bridgehead atoms. The molecule has 0 fully saturated rings. The van der Waals surface area contributed by atoms with E-state index in [2.05, 4.69) is 0 Å². The van der Waals surface area contributed by atoms with Gasteiger partial charge in [0.1, 0.15) is 19.5 Å². The summed E-state index contributed by atoms with van der Waals surface area (Å²) in [6, 6.07) is 6.10. The predicted octanol–water partition coefficient (Wildman–Crippen LogP) is 0.822. The van der Waals surface area contributed by atoms with E-state index in [9.17, 15) is 4.79 Å². The fraction of sp³-hybridized carbons (Fsp3) is 0.417. The van der Waals surface area contributed by atoms with E-state index in [-0.39, 0.29) is 0 Å². The average Bonchev–Trinajstić information content (AvgIpc) is 2.15. The lowest BCUT2D eigenvalue weighted by molar-refractivity contribution is -0.156. The van der Waals surface area contributed by atoms with Gasteiger partial charge in [-0.1, -0.05) is 29.7 Å². The minimum atomic E-state index is -0.764. The third kappa shape index (κ3) is 3.70. The van der Waals surface area contributed by atoms with Crippen LogP contribution in [-0.4, -0.2) is 19.4 Å². The second kappa shape index (κ2) is 4.70. The number of ether oxygens (including phenoxy) is 1. The molecule has 1 rings (SSSR count). The maximum atomic E-state index is 11.7. The van der Waals surface area contributed by atoms with E-state index in [1.165, 1.54) is 0 Å². The van der Waals surface area contributed by atoms with Crippen LogP contribution < -0.4 is 11.2 Å². The zero-order valence-electron chi connectivity index (χ0n) is 9.86. The van der Waals surface area contributed by atoms with Crippen molar-refractivity contribution in [3.63, 3.8) is 0 Å². The molecule has 0 aliphatic carbocycles. The van der Waals surface area contributed by atoms with Gasteiger partial charge >= 0.3 is 5.97 Å². The molecule has 1 aromatic rings. The molecule has 2 N–H and O–H groups in total. The Morgan fingerprint density at radius 3 is 2.25 bits per heavy atom. The van der Waals surface area contributed by atoms with E-state index in [0.717, 1.165) is 0 Å². The van der Waals surface area contributed by atoms with E-state index in [4.69, 9.17) is 18.3 Å². The number of hydrogen-bond donors (Lipinski definition) is 1. The SMILES string of the molecule is [B]c1ccc(C(N)C(=O)OC(C)(C)C)cc1. The molecular formula is C12H16BNO2. The summed E-state index contributed by atoms with van der Waals surface area (Å²) in [5.41, 5.74) is 6.59. The van der Waals surface area contributed by atoms with E-state index >= 15 is 0 Å². The molecule has 0 amide bonds. The maximum absolute atomic E-state index is 11.7. The lowest BCUT2D eigenvalue weighted by atomic mass is 9.94. The molecule has 0 saturated carbocycles. The fourth-order valence-electron chi connectivity index (χ4n) is 1.20. The zero-order valence-corrected chi connectivity index (χ0v) is 9.86. The third-order valence-electron chi connectivity index (χ3n) is 1.96. The highest BCUT2D eigenvalue weighted by Gasteiger charge is 2.23. The van der Waals surface area contributed by atoms with Crippen molar-refractivity contribution in [2.45, 2.75) is 32.4 Å². The second-order valence-corrected chi connectivity index (χ2v) is 4.68. The summed E-state index contributed by atoms with van der Waals surface area (Å²) < 4.78 is 5.19. The van der Waals surface area contributed by atoms with Crippen LogP contribution in [0.1, 0.15) is 32.4 Å². The number of nitrogens with two attached hydrogens (primary N) is 1. The maximum Gasteiger partial charge on any atom is 0.328 e. The molecule has 84 valence electrons. The number of hydrogen-bond acceptors (Lipinski definition) is 3. The summed E-state index contributed by atoms with van der Waals surface area (Å²) in [6.07, 6.45) is 0. The number of carbonyl (C=O) groups excluding carboxylic acids is 1. The Kier molecular flexibility index (Phi) is 3.76. The van der Waals surface area contributed by atoms with Crippen LogP contribution in [0, 0.1) is 0 Å². The van der Waals surface area contributed by atoms with Gasteiger partial charge in [-0.3, -0.25) is 0 Å². The van der Waals surface area contributed by atoms with Gasteiger partial charge in [0.05, 0.1) is 0 Å². The van der Waals surface area contributed by atoms with Crippen molar-refractivity contribution in [2.75, 3.05) is 0 Å². The smallest absolute Gasteiger partial charge is 0.328 e. The second-order valence-electron chi connectivity index (χ2n) is 4.68. The lowest BCUT2D eigenvalue weighted by Crippen LogP contribution is -2.31. The van der Waals surface area contributed by atoms with Crippen LogP contribution in [0.25, 0.3) is 0 Å². The van der Waals surface area contributed by atoms with Gasteiger partial charge in [0.25, 0.3) is 0 Å². The van der Waals surface area contributed by atoms with Gasteiger partial charge in [-0.15, -0.1) is 0 Å². The largest absolute Gasteiger partial charge is 0.459 e. The number of benzene rings is 1. The van der Waals surface area contributed by atoms with Gasteiger partial charge in [-0.2, -0.15) is 0 Å².